The molecule has 0 aliphatic rings. The summed E-state index contributed by atoms with van der Waals surface area (Å²) < 4.78 is 6.47. The van der Waals surface area contributed by atoms with Gasteiger partial charge in [-0.2, -0.15) is 0 Å². The molecule has 0 radical (unpaired) electrons. The molecule has 1 aromatic heterocycles. The van der Waals surface area contributed by atoms with Gasteiger partial charge in [0.25, 0.3) is 0 Å². The molecule has 21 heavy (non-hydrogen) atoms. The first-order valence-electron chi connectivity index (χ1n) is 6.66. The molecular weight excluding hydrogens is 332 g/mol. The summed E-state index contributed by atoms with van der Waals surface area (Å²) in [5, 5.41) is 2.76. The highest BCUT2D eigenvalue weighted by atomic mass is 79.9. The zero-order valence-corrected chi connectivity index (χ0v) is 13.6. The second kappa shape index (κ2) is 7.22. The number of halogens is 1. The van der Waals surface area contributed by atoms with Crippen LogP contribution in [-0.2, 0) is 4.79 Å². The van der Waals surface area contributed by atoms with Gasteiger partial charge in [-0.25, -0.2) is 4.98 Å². The lowest BCUT2D eigenvalue weighted by Crippen LogP contribution is -2.16. The van der Waals surface area contributed by atoms with Crippen molar-refractivity contribution in [2.24, 2.45) is 0 Å². The SMILES string of the molecule is Cc1cccc(OCCC(=O)Nc2cc(C)c(Br)cn2)c1. The molecule has 0 fully saturated rings. The predicted octanol–water partition coefficient (Wildman–Crippen LogP) is 3.87. The third-order valence-electron chi connectivity index (χ3n) is 2.90. The third-order valence-corrected chi connectivity index (χ3v) is 3.73. The van der Waals surface area contributed by atoms with Gasteiger partial charge in [0.1, 0.15) is 11.6 Å². The number of carbonyl (C=O) groups is 1. The summed E-state index contributed by atoms with van der Waals surface area (Å²) in [4.78, 5) is 16.0. The molecule has 0 atom stereocenters. The van der Waals surface area contributed by atoms with E-state index in [1.807, 2.05) is 44.2 Å². The summed E-state index contributed by atoms with van der Waals surface area (Å²) in [5.74, 6) is 1.22. The van der Waals surface area contributed by atoms with Gasteiger partial charge in [-0.15, -0.1) is 0 Å². The molecule has 4 nitrogen and oxygen atoms in total. The number of benzene rings is 1. The molecule has 0 aliphatic carbocycles. The Morgan fingerprint density at radius 1 is 1.33 bits per heavy atom. The van der Waals surface area contributed by atoms with Crippen LogP contribution in [0.1, 0.15) is 17.5 Å². The minimum Gasteiger partial charge on any atom is -0.493 e. The quantitative estimate of drug-likeness (QED) is 0.892. The van der Waals surface area contributed by atoms with E-state index < -0.39 is 0 Å². The highest BCUT2D eigenvalue weighted by Crippen LogP contribution is 2.17. The van der Waals surface area contributed by atoms with Crippen molar-refractivity contribution < 1.29 is 9.53 Å². The van der Waals surface area contributed by atoms with Crippen LogP contribution in [0, 0.1) is 13.8 Å². The molecule has 0 spiro atoms. The van der Waals surface area contributed by atoms with Gasteiger partial charge >= 0.3 is 0 Å². The largest absolute Gasteiger partial charge is 0.493 e. The zero-order chi connectivity index (χ0) is 15.2. The maximum atomic E-state index is 11.8. The monoisotopic (exact) mass is 348 g/mol. The van der Waals surface area contributed by atoms with Crippen molar-refractivity contribution in [2.75, 3.05) is 11.9 Å². The first-order chi connectivity index (χ1) is 10.0. The molecule has 0 aliphatic heterocycles. The standard InChI is InChI=1S/C16H17BrN2O2/c1-11-4-3-5-13(8-11)21-7-6-16(20)19-15-9-12(2)14(17)10-18-15/h3-5,8-10H,6-7H2,1-2H3,(H,18,19,20). The van der Waals surface area contributed by atoms with Gasteiger partial charge < -0.3 is 10.1 Å². The molecule has 1 aromatic carbocycles. The summed E-state index contributed by atoms with van der Waals surface area (Å²) in [5.41, 5.74) is 2.16. The van der Waals surface area contributed by atoms with Gasteiger partial charge in [0, 0.05) is 10.7 Å². The van der Waals surface area contributed by atoms with Crippen LogP contribution in [0.3, 0.4) is 0 Å². The minimum absolute atomic E-state index is 0.114. The van der Waals surface area contributed by atoms with Gasteiger partial charge in [-0.3, -0.25) is 4.79 Å². The Balaban J connectivity index is 1.81. The fourth-order valence-corrected chi connectivity index (χ4v) is 2.00. The number of amides is 1. The summed E-state index contributed by atoms with van der Waals surface area (Å²) in [6.45, 7) is 4.29. The molecule has 0 saturated heterocycles. The molecule has 0 unspecified atom stereocenters. The number of carbonyl (C=O) groups excluding carboxylic acids is 1. The van der Waals surface area contributed by atoms with Gasteiger partial charge in [0.05, 0.1) is 13.0 Å². The second-order valence-electron chi connectivity index (χ2n) is 4.78. The molecule has 1 amide bonds. The number of rotatable bonds is 5. The molecule has 5 heteroatoms. The van der Waals surface area contributed by atoms with E-state index in [2.05, 4.69) is 26.2 Å². The van der Waals surface area contributed by atoms with Crippen LogP contribution in [0.5, 0.6) is 5.75 Å². The van der Waals surface area contributed by atoms with Crippen molar-refractivity contribution in [2.45, 2.75) is 20.3 Å². The zero-order valence-electron chi connectivity index (χ0n) is 12.0. The number of aromatic nitrogens is 1. The van der Waals surface area contributed by atoms with Gasteiger partial charge in [0.2, 0.25) is 5.91 Å². The molecule has 2 aromatic rings. The van der Waals surface area contributed by atoms with Crippen LogP contribution in [0.2, 0.25) is 0 Å². The van der Waals surface area contributed by atoms with Crippen molar-refractivity contribution in [3.63, 3.8) is 0 Å². The predicted molar refractivity (Wildman–Crippen MR) is 86.6 cm³/mol. The van der Waals surface area contributed by atoms with Crippen molar-refractivity contribution in [3.05, 3.63) is 52.1 Å². The van der Waals surface area contributed by atoms with Crippen molar-refractivity contribution in [1.82, 2.24) is 4.98 Å². The Hall–Kier alpha value is -1.88. The summed E-state index contributed by atoms with van der Waals surface area (Å²) in [6, 6.07) is 9.58. The highest BCUT2D eigenvalue weighted by Gasteiger charge is 2.05. The van der Waals surface area contributed by atoms with Gasteiger partial charge in [0.15, 0.2) is 0 Å². The van der Waals surface area contributed by atoms with E-state index in [1.54, 1.807) is 6.20 Å². The third kappa shape index (κ3) is 4.86. The van der Waals surface area contributed by atoms with Crippen molar-refractivity contribution in [3.8, 4) is 5.75 Å². The Labute approximate surface area is 132 Å². The van der Waals surface area contributed by atoms with Crippen LogP contribution < -0.4 is 10.1 Å². The van der Waals surface area contributed by atoms with Crippen molar-refractivity contribution in [1.29, 1.82) is 0 Å². The van der Waals surface area contributed by atoms with E-state index in [1.165, 1.54) is 0 Å². The normalized spacial score (nSPS) is 10.2. The highest BCUT2D eigenvalue weighted by molar-refractivity contribution is 9.10. The van der Waals surface area contributed by atoms with E-state index in [0.29, 0.717) is 12.4 Å². The maximum absolute atomic E-state index is 11.8. The Kier molecular flexibility index (Phi) is 5.33. The number of ether oxygens (including phenoxy) is 1. The Morgan fingerprint density at radius 2 is 2.14 bits per heavy atom. The minimum atomic E-state index is -0.114. The first kappa shape index (κ1) is 15.5. The second-order valence-corrected chi connectivity index (χ2v) is 5.64. The average Bonchev–Trinajstić information content (AvgIpc) is 2.43. The fraction of sp³-hybridized carbons (Fsp3) is 0.250. The number of nitrogens with one attached hydrogen (secondary N) is 1. The lowest BCUT2D eigenvalue weighted by molar-refractivity contribution is -0.116. The molecule has 2 rings (SSSR count). The summed E-state index contributed by atoms with van der Waals surface area (Å²) in [7, 11) is 0. The number of nitrogens with zero attached hydrogens (tertiary/aromatic N) is 1. The average molecular weight is 349 g/mol. The van der Waals surface area contributed by atoms with Crippen LogP contribution in [0.15, 0.2) is 41.0 Å². The molecule has 0 saturated carbocycles. The molecule has 1 heterocycles. The molecule has 1 N–H and O–H groups in total. The summed E-state index contributed by atoms with van der Waals surface area (Å²) >= 11 is 3.37. The van der Waals surface area contributed by atoms with E-state index in [-0.39, 0.29) is 12.3 Å². The van der Waals surface area contributed by atoms with E-state index in [0.717, 1.165) is 21.3 Å². The Morgan fingerprint density at radius 3 is 2.86 bits per heavy atom. The fourth-order valence-electron chi connectivity index (χ4n) is 1.78. The van der Waals surface area contributed by atoms with Crippen LogP contribution in [0.4, 0.5) is 5.82 Å². The maximum Gasteiger partial charge on any atom is 0.228 e. The smallest absolute Gasteiger partial charge is 0.228 e. The number of hydrogen-bond donors (Lipinski definition) is 1. The van der Waals surface area contributed by atoms with Crippen LogP contribution in [-0.4, -0.2) is 17.5 Å². The number of anilines is 1. The molecular formula is C16H17BrN2O2. The first-order valence-corrected chi connectivity index (χ1v) is 7.45. The lowest BCUT2D eigenvalue weighted by atomic mass is 10.2. The van der Waals surface area contributed by atoms with Gasteiger partial charge in [-0.1, -0.05) is 12.1 Å². The molecule has 0 bridgehead atoms. The topological polar surface area (TPSA) is 51.2 Å². The molecule has 110 valence electrons. The number of aryl methyl sites for hydroxylation is 2. The number of hydrogen-bond acceptors (Lipinski definition) is 3. The lowest BCUT2D eigenvalue weighted by Gasteiger charge is -2.08. The Bertz CT molecular complexity index is 644. The summed E-state index contributed by atoms with van der Waals surface area (Å²) in [6.07, 6.45) is 1.96. The van der Waals surface area contributed by atoms with Crippen LogP contribution >= 0.6 is 15.9 Å². The number of pyridine rings is 1. The van der Waals surface area contributed by atoms with E-state index >= 15 is 0 Å². The van der Waals surface area contributed by atoms with E-state index in [9.17, 15) is 4.79 Å². The van der Waals surface area contributed by atoms with Crippen molar-refractivity contribution >= 4 is 27.7 Å². The van der Waals surface area contributed by atoms with Crippen LogP contribution in [0.25, 0.3) is 0 Å². The van der Waals surface area contributed by atoms with Gasteiger partial charge in [-0.05, 0) is 59.1 Å². The van der Waals surface area contributed by atoms with E-state index in [4.69, 9.17) is 4.74 Å².